The number of amides is 2. The lowest BCUT2D eigenvalue weighted by atomic mass is 9.83. The van der Waals surface area contributed by atoms with E-state index in [0.29, 0.717) is 32.1 Å². The van der Waals surface area contributed by atoms with Crippen molar-refractivity contribution in [2.75, 3.05) is 40.3 Å². The normalized spacial score (nSPS) is 29.9. The van der Waals surface area contributed by atoms with Crippen molar-refractivity contribution in [1.29, 1.82) is 0 Å². The summed E-state index contributed by atoms with van der Waals surface area (Å²) in [5.41, 5.74) is 0. The lowest BCUT2D eigenvalue weighted by molar-refractivity contribution is -0.143. The number of aliphatic hydroxyl groups excluding tert-OH is 1. The Morgan fingerprint density at radius 2 is 1.48 bits per heavy atom. The van der Waals surface area contributed by atoms with E-state index in [0.717, 1.165) is 25.7 Å². The van der Waals surface area contributed by atoms with Gasteiger partial charge in [-0.3, -0.25) is 9.59 Å². The minimum atomic E-state index is -0.464. The van der Waals surface area contributed by atoms with E-state index in [4.69, 9.17) is 0 Å². The first-order chi connectivity index (χ1) is 11.0. The summed E-state index contributed by atoms with van der Waals surface area (Å²) >= 11 is 0. The zero-order valence-corrected chi connectivity index (χ0v) is 14.3. The van der Waals surface area contributed by atoms with Crippen LogP contribution in [0.3, 0.4) is 0 Å². The van der Waals surface area contributed by atoms with Gasteiger partial charge in [-0.25, -0.2) is 0 Å². The van der Waals surface area contributed by atoms with Gasteiger partial charge >= 0.3 is 0 Å². The first-order valence-electron chi connectivity index (χ1n) is 8.89. The molecule has 23 heavy (non-hydrogen) atoms. The maximum absolute atomic E-state index is 12.7. The molecule has 2 amide bonds. The maximum Gasteiger partial charge on any atom is 0.225 e. The molecule has 0 aromatic rings. The van der Waals surface area contributed by atoms with Gasteiger partial charge in [0.15, 0.2) is 0 Å². The molecule has 1 saturated carbocycles. The Bertz CT molecular complexity index is 456. The highest BCUT2D eigenvalue weighted by Crippen LogP contribution is 2.30. The predicted molar refractivity (Wildman–Crippen MR) is 86.7 cm³/mol. The minimum Gasteiger partial charge on any atom is -0.390 e. The van der Waals surface area contributed by atoms with Crippen molar-refractivity contribution >= 4 is 11.8 Å². The van der Waals surface area contributed by atoms with Crippen LogP contribution < -0.4 is 0 Å². The van der Waals surface area contributed by atoms with E-state index in [1.807, 2.05) is 28.8 Å². The number of piperidine rings is 1. The van der Waals surface area contributed by atoms with Crippen LogP contribution in [0.2, 0.25) is 0 Å². The van der Waals surface area contributed by atoms with Crippen LogP contribution in [0.4, 0.5) is 0 Å². The monoisotopic (exact) mass is 323 g/mol. The molecule has 3 rings (SSSR count). The highest BCUT2D eigenvalue weighted by Gasteiger charge is 2.39. The largest absolute Gasteiger partial charge is 0.390 e. The average Bonchev–Trinajstić information content (AvgIpc) is 2.87. The molecular formula is C17H29N3O3. The first-order valence-corrected chi connectivity index (χ1v) is 8.89. The molecule has 1 N–H and O–H groups in total. The molecule has 3 aliphatic rings. The Balaban J connectivity index is 1.49. The minimum absolute atomic E-state index is 0.00792. The molecule has 2 heterocycles. The number of nitrogens with zero attached hydrogens (tertiary/aromatic N) is 3. The van der Waals surface area contributed by atoms with Crippen molar-refractivity contribution < 1.29 is 14.7 Å². The summed E-state index contributed by atoms with van der Waals surface area (Å²) < 4.78 is 0. The molecular weight excluding hydrogens is 294 g/mol. The van der Waals surface area contributed by atoms with Gasteiger partial charge in [-0.2, -0.15) is 0 Å². The maximum atomic E-state index is 12.7. The SMILES string of the molecule is CN(C)[C@H]1CN(C(=O)C2CCN(C(=O)C3CCC3)CC2)C[C@@H]1O. The number of hydrogen-bond acceptors (Lipinski definition) is 4. The molecule has 2 saturated heterocycles. The van der Waals surface area contributed by atoms with Crippen LogP contribution in [0.25, 0.3) is 0 Å². The first kappa shape index (κ1) is 16.7. The predicted octanol–water partition coefficient (Wildman–Crippen LogP) is 0.158. The molecule has 6 heteroatoms. The summed E-state index contributed by atoms with van der Waals surface area (Å²) in [6, 6.07) is 0.0271. The Morgan fingerprint density at radius 3 is 1.96 bits per heavy atom. The zero-order chi connectivity index (χ0) is 16.6. The summed E-state index contributed by atoms with van der Waals surface area (Å²) in [4.78, 5) is 30.7. The van der Waals surface area contributed by atoms with Crippen molar-refractivity contribution in [3.63, 3.8) is 0 Å². The molecule has 130 valence electrons. The Kier molecular flexibility index (Phi) is 4.92. The van der Waals surface area contributed by atoms with Crippen molar-refractivity contribution in [3.8, 4) is 0 Å². The van der Waals surface area contributed by atoms with E-state index in [2.05, 4.69) is 0 Å². The van der Waals surface area contributed by atoms with Crippen LogP contribution in [0, 0.1) is 11.8 Å². The Labute approximate surface area is 138 Å². The second kappa shape index (κ2) is 6.77. The van der Waals surface area contributed by atoms with Crippen LogP contribution in [0.5, 0.6) is 0 Å². The van der Waals surface area contributed by atoms with Gasteiger partial charge < -0.3 is 19.8 Å². The third-order valence-corrected chi connectivity index (χ3v) is 5.84. The Hall–Kier alpha value is -1.14. The topological polar surface area (TPSA) is 64.1 Å². The number of aliphatic hydroxyl groups is 1. The standard InChI is InChI=1S/C17H29N3O3/c1-18(2)14-10-20(11-15(14)21)17(23)13-6-8-19(9-7-13)16(22)12-4-3-5-12/h12-15,21H,3-11H2,1-2H3/t14-,15-/m0/s1. The fourth-order valence-electron chi connectivity index (χ4n) is 3.98. The van der Waals surface area contributed by atoms with Crippen molar-refractivity contribution in [3.05, 3.63) is 0 Å². The van der Waals surface area contributed by atoms with Gasteiger partial charge in [0.1, 0.15) is 0 Å². The van der Waals surface area contributed by atoms with Crippen LogP contribution in [0.15, 0.2) is 0 Å². The van der Waals surface area contributed by atoms with Crippen molar-refractivity contribution in [2.24, 2.45) is 11.8 Å². The van der Waals surface area contributed by atoms with Crippen molar-refractivity contribution in [1.82, 2.24) is 14.7 Å². The van der Waals surface area contributed by atoms with Crippen molar-refractivity contribution in [2.45, 2.75) is 44.2 Å². The van der Waals surface area contributed by atoms with E-state index < -0.39 is 6.10 Å². The van der Waals surface area contributed by atoms with Gasteiger partial charge in [-0.15, -0.1) is 0 Å². The van der Waals surface area contributed by atoms with Crippen LogP contribution in [0.1, 0.15) is 32.1 Å². The van der Waals surface area contributed by atoms with Gasteiger partial charge in [0.25, 0.3) is 0 Å². The number of carbonyl (C=O) groups excluding carboxylic acids is 2. The van der Waals surface area contributed by atoms with Gasteiger partial charge in [-0.1, -0.05) is 6.42 Å². The summed E-state index contributed by atoms with van der Waals surface area (Å²) in [5.74, 6) is 0.709. The number of carbonyl (C=O) groups is 2. The van der Waals surface area contributed by atoms with Gasteiger partial charge in [0.05, 0.1) is 12.1 Å². The molecule has 0 radical (unpaired) electrons. The molecule has 0 bridgehead atoms. The quantitative estimate of drug-likeness (QED) is 0.803. The smallest absolute Gasteiger partial charge is 0.225 e. The van der Waals surface area contributed by atoms with Gasteiger partial charge in [0, 0.05) is 38.0 Å². The van der Waals surface area contributed by atoms with Crippen LogP contribution in [-0.2, 0) is 9.59 Å². The molecule has 6 nitrogen and oxygen atoms in total. The summed E-state index contributed by atoms with van der Waals surface area (Å²) in [5, 5.41) is 10.1. The fraction of sp³-hybridized carbons (Fsp3) is 0.882. The number of likely N-dealkylation sites (N-methyl/N-ethyl adjacent to an activating group) is 1. The second-order valence-electron chi connectivity index (χ2n) is 7.57. The highest BCUT2D eigenvalue weighted by atomic mass is 16.3. The Morgan fingerprint density at radius 1 is 0.913 bits per heavy atom. The summed E-state index contributed by atoms with van der Waals surface area (Å²) in [6.45, 7) is 2.45. The number of hydrogen-bond donors (Lipinski definition) is 1. The van der Waals surface area contributed by atoms with E-state index in [-0.39, 0.29) is 23.8 Å². The third kappa shape index (κ3) is 3.38. The molecule has 0 spiro atoms. The average molecular weight is 323 g/mol. The molecule has 2 atom stereocenters. The molecule has 3 fully saturated rings. The summed E-state index contributed by atoms with van der Waals surface area (Å²) in [6.07, 6.45) is 4.31. The third-order valence-electron chi connectivity index (χ3n) is 5.84. The lowest BCUT2D eigenvalue weighted by Gasteiger charge is -2.37. The highest BCUT2D eigenvalue weighted by molar-refractivity contribution is 5.81. The number of likely N-dealkylation sites (tertiary alicyclic amines) is 2. The van der Waals surface area contributed by atoms with Crippen LogP contribution >= 0.6 is 0 Å². The van der Waals surface area contributed by atoms with Crippen LogP contribution in [-0.4, -0.2) is 84.0 Å². The molecule has 0 aromatic heterocycles. The van der Waals surface area contributed by atoms with E-state index in [1.165, 1.54) is 6.42 Å². The number of rotatable bonds is 3. The fourth-order valence-corrected chi connectivity index (χ4v) is 3.98. The van der Waals surface area contributed by atoms with Gasteiger partial charge in [0.2, 0.25) is 11.8 Å². The lowest BCUT2D eigenvalue weighted by Crippen LogP contribution is -2.47. The molecule has 2 aliphatic heterocycles. The van der Waals surface area contributed by atoms with Gasteiger partial charge in [-0.05, 0) is 39.8 Å². The summed E-state index contributed by atoms with van der Waals surface area (Å²) in [7, 11) is 3.87. The molecule has 0 aromatic carbocycles. The molecule has 0 unspecified atom stereocenters. The molecule has 1 aliphatic carbocycles. The number of β-amino-alcohol motifs (C(OH)–C–C–N with tert-alkyl or cyclic N) is 1. The van der Waals surface area contributed by atoms with E-state index in [1.54, 1.807) is 0 Å². The van der Waals surface area contributed by atoms with E-state index in [9.17, 15) is 14.7 Å². The second-order valence-corrected chi connectivity index (χ2v) is 7.57. The van der Waals surface area contributed by atoms with E-state index >= 15 is 0 Å². The zero-order valence-electron chi connectivity index (χ0n) is 14.3.